The van der Waals surface area contributed by atoms with E-state index >= 15 is 0 Å². The number of nitrogens with one attached hydrogen (secondary N) is 3. The SMILES string of the molecule is CC(=O)Nc1cc(S(=O)(=O)NCCNC(=O)N(C)C)ccc1C. The van der Waals surface area contributed by atoms with Crippen molar-refractivity contribution >= 4 is 27.6 Å². The number of amides is 3. The zero-order chi connectivity index (χ0) is 17.6. The molecule has 0 aliphatic carbocycles. The minimum Gasteiger partial charge on any atom is -0.337 e. The first-order chi connectivity index (χ1) is 10.6. The number of benzene rings is 1. The van der Waals surface area contributed by atoms with Gasteiger partial charge in [-0.3, -0.25) is 4.79 Å². The van der Waals surface area contributed by atoms with Crippen LogP contribution in [-0.4, -0.2) is 52.4 Å². The molecule has 1 aromatic rings. The summed E-state index contributed by atoms with van der Waals surface area (Å²) in [6.45, 7) is 3.35. The van der Waals surface area contributed by atoms with Gasteiger partial charge in [-0.05, 0) is 24.6 Å². The summed E-state index contributed by atoms with van der Waals surface area (Å²) in [5.41, 5.74) is 1.21. The van der Waals surface area contributed by atoms with Crippen LogP contribution in [0.5, 0.6) is 0 Å². The lowest BCUT2D eigenvalue weighted by atomic mass is 10.2. The van der Waals surface area contributed by atoms with Crippen molar-refractivity contribution in [2.45, 2.75) is 18.7 Å². The van der Waals surface area contributed by atoms with Gasteiger partial charge >= 0.3 is 6.03 Å². The first-order valence-corrected chi connectivity index (χ1v) is 8.45. The minimum absolute atomic E-state index is 0.0470. The van der Waals surface area contributed by atoms with E-state index in [1.54, 1.807) is 27.1 Å². The first-order valence-electron chi connectivity index (χ1n) is 6.96. The fourth-order valence-corrected chi connectivity index (χ4v) is 2.75. The third kappa shape index (κ3) is 5.87. The normalized spacial score (nSPS) is 11.0. The van der Waals surface area contributed by atoms with E-state index in [-0.39, 0.29) is 29.9 Å². The number of hydrogen-bond donors (Lipinski definition) is 3. The van der Waals surface area contributed by atoms with Crippen molar-refractivity contribution in [3.8, 4) is 0 Å². The lowest BCUT2D eigenvalue weighted by Gasteiger charge is -2.13. The van der Waals surface area contributed by atoms with Crippen LogP contribution >= 0.6 is 0 Å². The third-order valence-electron chi connectivity index (χ3n) is 2.93. The van der Waals surface area contributed by atoms with Crippen LogP contribution in [0.1, 0.15) is 12.5 Å². The molecule has 0 saturated carbocycles. The van der Waals surface area contributed by atoms with E-state index in [9.17, 15) is 18.0 Å². The van der Waals surface area contributed by atoms with Gasteiger partial charge in [0.2, 0.25) is 15.9 Å². The van der Waals surface area contributed by atoms with E-state index in [1.807, 2.05) is 0 Å². The number of hydrogen-bond acceptors (Lipinski definition) is 4. The highest BCUT2D eigenvalue weighted by atomic mass is 32.2. The summed E-state index contributed by atoms with van der Waals surface area (Å²) in [6.07, 6.45) is 0. The second kappa shape index (κ2) is 7.93. The second-order valence-corrected chi connectivity index (χ2v) is 6.95. The highest BCUT2D eigenvalue weighted by molar-refractivity contribution is 7.89. The molecule has 0 heterocycles. The van der Waals surface area contributed by atoms with Crippen molar-refractivity contribution in [2.24, 2.45) is 0 Å². The number of carbonyl (C=O) groups is 2. The number of nitrogens with zero attached hydrogens (tertiary/aromatic N) is 1. The molecule has 1 rings (SSSR count). The molecule has 23 heavy (non-hydrogen) atoms. The predicted octanol–water partition coefficient (Wildman–Crippen LogP) is 0.503. The van der Waals surface area contributed by atoms with Gasteiger partial charge in [0.15, 0.2) is 0 Å². The summed E-state index contributed by atoms with van der Waals surface area (Å²) >= 11 is 0. The van der Waals surface area contributed by atoms with Gasteiger partial charge in [0, 0.05) is 39.8 Å². The van der Waals surface area contributed by atoms with E-state index in [2.05, 4.69) is 15.4 Å². The highest BCUT2D eigenvalue weighted by Crippen LogP contribution is 2.20. The molecule has 1 aromatic carbocycles. The van der Waals surface area contributed by atoms with Gasteiger partial charge in [-0.25, -0.2) is 17.9 Å². The molecular weight excluding hydrogens is 320 g/mol. The Hall–Kier alpha value is -2.13. The molecule has 0 unspecified atom stereocenters. The molecule has 8 nitrogen and oxygen atoms in total. The molecule has 9 heteroatoms. The summed E-state index contributed by atoms with van der Waals surface area (Å²) < 4.78 is 26.8. The Balaban J connectivity index is 2.73. The lowest BCUT2D eigenvalue weighted by molar-refractivity contribution is -0.114. The molecule has 3 amide bonds. The Morgan fingerprint density at radius 2 is 1.83 bits per heavy atom. The first kappa shape index (κ1) is 18.9. The van der Waals surface area contributed by atoms with E-state index in [1.165, 1.54) is 24.0 Å². The third-order valence-corrected chi connectivity index (χ3v) is 4.39. The zero-order valence-corrected chi connectivity index (χ0v) is 14.5. The molecule has 0 saturated heterocycles. The molecule has 0 radical (unpaired) electrons. The Morgan fingerprint density at radius 3 is 2.39 bits per heavy atom. The van der Waals surface area contributed by atoms with Gasteiger partial charge in [0.1, 0.15) is 0 Å². The van der Waals surface area contributed by atoms with Crippen LogP contribution in [0, 0.1) is 6.92 Å². The van der Waals surface area contributed by atoms with Gasteiger partial charge in [-0.1, -0.05) is 6.07 Å². The number of carbonyl (C=O) groups excluding carboxylic acids is 2. The van der Waals surface area contributed by atoms with Gasteiger partial charge in [0.25, 0.3) is 0 Å². The maximum Gasteiger partial charge on any atom is 0.316 e. The number of urea groups is 1. The van der Waals surface area contributed by atoms with Crippen LogP contribution in [0.15, 0.2) is 23.1 Å². The Kier molecular flexibility index (Phi) is 6.52. The summed E-state index contributed by atoms with van der Waals surface area (Å²) in [4.78, 5) is 23.9. The smallest absolute Gasteiger partial charge is 0.316 e. The maximum absolute atomic E-state index is 12.2. The fourth-order valence-electron chi connectivity index (χ4n) is 1.69. The highest BCUT2D eigenvalue weighted by Gasteiger charge is 2.15. The average Bonchev–Trinajstić information content (AvgIpc) is 2.44. The summed E-state index contributed by atoms with van der Waals surface area (Å²) in [5, 5.41) is 5.14. The van der Waals surface area contributed by atoms with E-state index in [0.29, 0.717) is 5.69 Å². The van der Waals surface area contributed by atoms with Crippen molar-refractivity contribution < 1.29 is 18.0 Å². The van der Waals surface area contributed by atoms with E-state index < -0.39 is 10.0 Å². The number of rotatable bonds is 6. The summed E-state index contributed by atoms with van der Waals surface area (Å²) in [5.74, 6) is -0.276. The quantitative estimate of drug-likeness (QED) is 0.654. The average molecular weight is 342 g/mol. The number of aryl methyl sites for hydroxylation is 1. The molecule has 0 aliphatic rings. The Labute approximate surface area is 136 Å². The molecule has 0 fully saturated rings. The predicted molar refractivity (Wildman–Crippen MR) is 87.8 cm³/mol. The van der Waals surface area contributed by atoms with Gasteiger partial charge in [0.05, 0.1) is 4.90 Å². The van der Waals surface area contributed by atoms with Crippen LogP contribution < -0.4 is 15.4 Å². The topological polar surface area (TPSA) is 108 Å². The van der Waals surface area contributed by atoms with Crippen molar-refractivity contribution in [2.75, 3.05) is 32.5 Å². The molecule has 128 valence electrons. The van der Waals surface area contributed by atoms with Crippen molar-refractivity contribution in [3.05, 3.63) is 23.8 Å². The fraction of sp³-hybridized carbons (Fsp3) is 0.429. The Morgan fingerprint density at radius 1 is 1.17 bits per heavy atom. The van der Waals surface area contributed by atoms with Crippen LogP contribution in [-0.2, 0) is 14.8 Å². The lowest BCUT2D eigenvalue weighted by Crippen LogP contribution is -2.39. The molecule has 3 N–H and O–H groups in total. The van der Waals surface area contributed by atoms with Gasteiger partial charge in [-0.2, -0.15) is 0 Å². The van der Waals surface area contributed by atoms with Gasteiger partial charge in [-0.15, -0.1) is 0 Å². The van der Waals surface area contributed by atoms with E-state index in [0.717, 1.165) is 5.56 Å². The maximum atomic E-state index is 12.2. The van der Waals surface area contributed by atoms with Crippen LogP contribution in [0.2, 0.25) is 0 Å². The number of anilines is 1. The molecule has 0 aliphatic heterocycles. The van der Waals surface area contributed by atoms with Crippen LogP contribution in [0.4, 0.5) is 10.5 Å². The summed E-state index contributed by atoms with van der Waals surface area (Å²) in [6, 6.07) is 4.18. The zero-order valence-electron chi connectivity index (χ0n) is 13.6. The van der Waals surface area contributed by atoms with Crippen molar-refractivity contribution in [1.82, 2.24) is 14.9 Å². The molecular formula is C14H22N4O4S. The Bertz CT molecular complexity index is 686. The molecule has 0 bridgehead atoms. The second-order valence-electron chi connectivity index (χ2n) is 5.18. The monoisotopic (exact) mass is 342 g/mol. The molecule has 0 atom stereocenters. The van der Waals surface area contributed by atoms with Crippen LogP contribution in [0.3, 0.4) is 0 Å². The standard InChI is InChI=1S/C14H22N4O4S/c1-10-5-6-12(9-13(10)17-11(2)19)23(21,22)16-8-7-15-14(20)18(3)4/h5-6,9,16H,7-8H2,1-4H3,(H,15,20)(H,17,19). The van der Waals surface area contributed by atoms with Crippen molar-refractivity contribution in [1.29, 1.82) is 0 Å². The summed E-state index contributed by atoms with van der Waals surface area (Å²) in [7, 11) is -0.534. The largest absolute Gasteiger partial charge is 0.337 e. The van der Waals surface area contributed by atoms with Gasteiger partial charge < -0.3 is 15.5 Å². The number of sulfonamides is 1. The molecule has 0 spiro atoms. The van der Waals surface area contributed by atoms with E-state index in [4.69, 9.17) is 0 Å². The molecule has 0 aromatic heterocycles. The minimum atomic E-state index is -3.72. The van der Waals surface area contributed by atoms with Crippen molar-refractivity contribution in [3.63, 3.8) is 0 Å². The van der Waals surface area contributed by atoms with Crippen LogP contribution in [0.25, 0.3) is 0 Å².